The number of hydrogen-bond acceptors (Lipinski definition) is 4. The molecule has 1 amide bonds. The largest absolute Gasteiger partial charge is 0.355 e. The maximum atomic E-state index is 11.2. The number of carbonyl (C=O) groups is 1. The summed E-state index contributed by atoms with van der Waals surface area (Å²) in [5.74, 6) is -0.201. The van der Waals surface area contributed by atoms with Crippen LogP contribution >= 0.6 is 0 Å². The zero-order valence-electron chi connectivity index (χ0n) is 8.90. The van der Waals surface area contributed by atoms with Crippen LogP contribution in [-0.4, -0.2) is 38.9 Å². The van der Waals surface area contributed by atoms with Crippen LogP contribution in [0.2, 0.25) is 0 Å². The van der Waals surface area contributed by atoms with Crippen LogP contribution in [0, 0.1) is 0 Å². The van der Waals surface area contributed by atoms with Gasteiger partial charge in [-0.1, -0.05) is 6.08 Å². The molecule has 0 aliphatic carbocycles. The van der Waals surface area contributed by atoms with Crippen molar-refractivity contribution in [2.75, 3.05) is 18.6 Å². The molecule has 0 aromatic carbocycles. The highest BCUT2D eigenvalue weighted by atomic mass is 32.2. The molecular formula is C9H18N2O3S. The van der Waals surface area contributed by atoms with Crippen LogP contribution in [0.25, 0.3) is 0 Å². The SMILES string of the molecule is C=CCC(N)C(=O)NCCCS(C)(=O)=O. The molecule has 0 rings (SSSR count). The molecule has 15 heavy (non-hydrogen) atoms. The highest BCUT2D eigenvalue weighted by Crippen LogP contribution is 1.90. The maximum absolute atomic E-state index is 11.2. The molecule has 1 unspecified atom stereocenters. The lowest BCUT2D eigenvalue weighted by molar-refractivity contribution is -0.122. The predicted molar refractivity (Wildman–Crippen MR) is 60.1 cm³/mol. The monoisotopic (exact) mass is 234 g/mol. The average molecular weight is 234 g/mol. The molecule has 0 aromatic rings. The van der Waals surface area contributed by atoms with Crippen molar-refractivity contribution < 1.29 is 13.2 Å². The Balaban J connectivity index is 3.68. The molecule has 0 saturated heterocycles. The molecule has 0 aliphatic heterocycles. The average Bonchev–Trinajstić information content (AvgIpc) is 2.11. The van der Waals surface area contributed by atoms with E-state index in [1.165, 1.54) is 0 Å². The zero-order valence-corrected chi connectivity index (χ0v) is 9.72. The summed E-state index contributed by atoms with van der Waals surface area (Å²) in [7, 11) is -2.95. The molecule has 3 N–H and O–H groups in total. The van der Waals surface area contributed by atoms with Crippen LogP contribution in [0.15, 0.2) is 12.7 Å². The molecule has 1 atom stereocenters. The van der Waals surface area contributed by atoms with E-state index in [0.29, 0.717) is 19.4 Å². The third-order valence-electron chi connectivity index (χ3n) is 1.75. The van der Waals surface area contributed by atoms with Crippen molar-refractivity contribution >= 4 is 15.7 Å². The highest BCUT2D eigenvalue weighted by Gasteiger charge is 2.10. The summed E-state index contributed by atoms with van der Waals surface area (Å²) in [6, 6.07) is -0.597. The quantitative estimate of drug-likeness (QED) is 0.456. The Morgan fingerprint density at radius 1 is 1.60 bits per heavy atom. The van der Waals surface area contributed by atoms with E-state index in [-0.39, 0.29) is 11.7 Å². The van der Waals surface area contributed by atoms with Gasteiger partial charge in [0, 0.05) is 12.8 Å². The van der Waals surface area contributed by atoms with E-state index < -0.39 is 15.9 Å². The molecule has 0 saturated carbocycles. The molecule has 0 aromatic heterocycles. The summed E-state index contributed by atoms with van der Waals surface area (Å²) in [5, 5.41) is 2.56. The van der Waals surface area contributed by atoms with Gasteiger partial charge in [0.1, 0.15) is 9.84 Å². The smallest absolute Gasteiger partial charge is 0.237 e. The summed E-state index contributed by atoms with van der Waals surface area (Å²) < 4.78 is 21.5. The molecule has 0 bridgehead atoms. The lowest BCUT2D eigenvalue weighted by Crippen LogP contribution is -2.40. The van der Waals surface area contributed by atoms with Crippen LogP contribution < -0.4 is 11.1 Å². The molecule has 0 heterocycles. The van der Waals surface area contributed by atoms with Crippen LogP contribution in [0.5, 0.6) is 0 Å². The Kier molecular flexibility index (Phi) is 6.19. The van der Waals surface area contributed by atoms with E-state index in [0.717, 1.165) is 6.26 Å². The van der Waals surface area contributed by atoms with Gasteiger partial charge in [-0.25, -0.2) is 8.42 Å². The van der Waals surface area contributed by atoms with E-state index in [1.807, 2.05) is 0 Å². The standard InChI is InChI=1S/C9H18N2O3S/c1-3-5-8(10)9(12)11-6-4-7-15(2,13)14/h3,8H,1,4-7,10H2,2H3,(H,11,12). The van der Waals surface area contributed by atoms with Crippen LogP contribution in [0.4, 0.5) is 0 Å². The van der Waals surface area contributed by atoms with E-state index in [9.17, 15) is 13.2 Å². The third kappa shape index (κ3) is 8.14. The molecule has 0 spiro atoms. The van der Waals surface area contributed by atoms with Gasteiger partial charge in [0.05, 0.1) is 11.8 Å². The summed E-state index contributed by atoms with van der Waals surface area (Å²) in [6.07, 6.45) is 3.56. The molecule has 88 valence electrons. The summed E-state index contributed by atoms with van der Waals surface area (Å²) in [5.41, 5.74) is 5.49. The van der Waals surface area contributed by atoms with Crippen molar-refractivity contribution in [1.82, 2.24) is 5.32 Å². The van der Waals surface area contributed by atoms with Gasteiger partial charge in [0.25, 0.3) is 0 Å². The minimum atomic E-state index is -2.95. The number of nitrogens with one attached hydrogen (secondary N) is 1. The Bertz CT molecular complexity index is 311. The Morgan fingerprint density at radius 2 is 2.20 bits per heavy atom. The molecule has 5 nitrogen and oxygen atoms in total. The van der Waals surface area contributed by atoms with Crippen molar-refractivity contribution in [1.29, 1.82) is 0 Å². The van der Waals surface area contributed by atoms with Crippen molar-refractivity contribution in [2.24, 2.45) is 5.73 Å². The second kappa shape index (κ2) is 6.58. The number of carbonyl (C=O) groups excluding carboxylic acids is 1. The van der Waals surface area contributed by atoms with Gasteiger partial charge in [0.2, 0.25) is 5.91 Å². The van der Waals surface area contributed by atoms with Gasteiger partial charge in [-0.15, -0.1) is 6.58 Å². The summed E-state index contributed by atoms with van der Waals surface area (Å²) >= 11 is 0. The van der Waals surface area contributed by atoms with Crippen molar-refractivity contribution in [3.8, 4) is 0 Å². The van der Waals surface area contributed by atoms with Gasteiger partial charge >= 0.3 is 0 Å². The normalized spacial score (nSPS) is 13.2. The van der Waals surface area contributed by atoms with E-state index >= 15 is 0 Å². The van der Waals surface area contributed by atoms with E-state index in [4.69, 9.17) is 5.73 Å². The number of rotatable bonds is 7. The lowest BCUT2D eigenvalue weighted by atomic mass is 10.2. The first kappa shape index (κ1) is 14.1. The molecule has 0 fully saturated rings. The van der Waals surface area contributed by atoms with Gasteiger partial charge in [-0.3, -0.25) is 4.79 Å². The van der Waals surface area contributed by atoms with Gasteiger partial charge in [0.15, 0.2) is 0 Å². The maximum Gasteiger partial charge on any atom is 0.237 e. The fourth-order valence-electron chi connectivity index (χ4n) is 0.964. The predicted octanol–water partition coefficient (Wildman–Crippen LogP) is -0.559. The summed E-state index contributed by atoms with van der Waals surface area (Å²) in [6.45, 7) is 3.80. The second-order valence-corrected chi connectivity index (χ2v) is 5.67. The van der Waals surface area contributed by atoms with Gasteiger partial charge in [-0.2, -0.15) is 0 Å². The minimum absolute atomic E-state index is 0.0734. The van der Waals surface area contributed by atoms with Crippen LogP contribution in [0.1, 0.15) is 12.8 Å². The summed E-state index contributed by atoms with van der Waals surface area (Å²) in [4.78, 5) is 11.2. The number of nitrogens with two attached hydrogens (primary N) is 1. The molecular weight excluding hydrogens is 216 g/mol. The number of amides is 1. The zero-order chi connectivity index (χ0) is 11.9. The topological polar surface area (TPSA) is 89.3 Å². The first-order valence-electron chi connectivity index (χ1n) is 4.68. The van der Waals surface area contributed by atoms with Crippen LogP contribution in [-0.2, 0) is 14.6 Å². The highest BCUT2D eigenvalue weighted by molar-refractivity contribution is 7.90. The molecule has 6 heteroatoms. The lowest BCUT2D eigenvalue weighted by Gasteiger charge is -2.09. The second-order valence-electron chi connectivity index (χ2n) is 3.41. The van der Waals surface area contributed by atoms with Crippen LogP contribution in [0.3, 0.4) is 0 Å². The number of sulfone groups is 1. The Hall–Kier alpha value is -0.880. The fraction of sp³-hybridized carbons (Fsp3) is 0.667. The van der Waals surface area contributed by atoms with Gasteiger partial charge in [-0.05, 0) is 12.8 Å². The molecule has 0 aliphatic rings. The Morgan fingerprint density at radius 3 is 2.67 bits per heavy atom. The first-order chi connectivity index (χ1) is 6.87. The Labute approximate surface area is 90.6 Å². The van der Waals surface area contributed by atoms with Gasteiger partial charge < -0.3 is 11.1 Å². The fourth-order valence-corrected chi connectivity index (χ4v) is 1.63. The number of hydrogen-bond donors (Lipinski definition) is 2. The molecule has 0 radical (unpaired) electrons. The first-order valence-corrected chi connectivity index (χ1v) is 6.75. The third-order valence-corrected chi connectivity index (χ3v) is 2.78. The van der Waals surface area contributed by atoms with E-state index in [1.54, 1.807) is 6.08 Å². The van der Waals surface area contributed by atoms with E-state index in [2.05, 4.69) is 11.9 Å². The van der Waals surface area contributed by atoms with Crippen molar-refractivity contribution in [3.05, 3.63) is 12.7 Å². The van der Waals surface area contributed by atoms with Crippen molar-refractivity contribution in [2.45, 2.75) is 18.9 Å². The minimum Gasteiger partial charge on any atom is -0.355 e. The van der Waals surface area contributed by atoms with Crippen molar-refractivity contribution in [3.63, 3.8) is 0 Å².